The SMILES string of the molecule is C=CCOc1ccc(/C=C/C(=O)NCCc2ccc(OC)cc2)cc1OC. The van der Waals surface area contributed by atoms with E-state index in [0.29, 0.717) is 24.7 Å². The molecule has 0 aliphatic carbocycles. The van der Waals surface area contributed by atoms with Crippen molar-refractivity contribution in [2.45, 2.75) is 6.42 Å². The van der Waals surface area contributed by atoms with Gasteiger partial charge >= 0.3 is 0 Å². The van der Waals surface area contributed by atoms with Crippen LogP contribution in [0.2, 0.25) is 0 Å². The second-order valence-electron chi connectivity index (χ2n) is 5.73. The molecule has 2 aromatic carbocycles. The average Bonchev–Trinajstić information content (AvgIpc) is 2.71. The van der Waals surface area contributed by atoms with Crippen LogP contribution in [0.1, 0.15) is 11.1 Å². The van der Waals surface area contributed by atoms with Gasteiger partial charge in [-0.25, -0.2) is 0 Å². The average molecular weight is 367 g/mol. The number of hydrogen-bond donors (Lipinski definition) is 1. The van der Waals surface area contributed by atoms with Crippen LogP contribution in [0.5, 0.6) is 17.2 Å². The van der Waals surface area contributed by atoms with Gasteiger partial charge in [-0.1, -0.05) is 30.9 Å². The molecule has 1 N–H and O–H groups in total. The van der Waals surface area contributed by atoms with Gasteiger partial charge in [0.05, 0.1) is 14.2 Å². The highest BCUT2D eigenvalue weighted by Gasteiger charge is 2.04. The molecular formula is C22H25NO4. The van der Waals surface area contributed by atoms with Gasteiger partial charge in [-0.2, -0.15) is 0 Å². The van der Waals surface area contributed by atoms with Gasteiger partial charge in [-0.3, -0.25) is 4.79 Å². The summed E-state index contributed by atoms with van der Waals surface area (Å²) in [7, 11) is 3.22. The number of carbonyl (C=O) groups excluding carboxylic acids is 1. The van der Waals surface area contributed by atoms with Gasteiger partial charge in [0.2, 0.25) is 5.91 Å². The second-order valence-corrected chi connectivity index (χ2v) is 5.73. The molecule has 0 bridgehead atoms. The first-order chi connectivity index (χ1) is 13.2. The monoisotopic (exact) mass is 367 g/mol. The van der Waals surface area contributed by atoms with Crippen LogP contribution >= 0.6 is 0 Å². The first-order valence-corrected chi connectivity index (χ1v) is 8.67. The summed E-state index contributed by atoms with van der Waals surface area (Å²) in [5.41, 5.74) is 1.99. The van der Waals surface area contributed by atoms with Gasteiger partial charge in [0.15, 0.2) is 11.5 Å². The molecule has 0 radical (unpaired) electrons. The Morgan fingerprint density at radius 1 is 1.07 bits per heavy atom. The molecule has 0 heterocycles. The number of carbonyl (C=O) groups is 1. The first-order valence-electron chi connectivity index (χ1n) is 8.67. The zero-order valence-corrected chi connectivity index (χ0v) is 15.7. The van der Waals surface area contributed by atoms with Crippen LogP contribution in [-0.4, -0.2) is 33.3 Å². The van der Waals surface area contributed by atoms with Crippen LogP contribution in [-0.2, 0) is 11.2 Å². The molecule has 0 unspecified atom stereocenters. The summed E-state index contributed by atoms with van der Waals surface area (Å²) in [5.74, 6) is 1.92. The Bertz CT molecular complexity index is 781. The lowest BCUT2D eigenvalue weighted by atomic mass is 10.1. The summed E-state index contributed by atoms with van der Waals surface area (Å²) in [6.45, 7) is 4.59. The summed E-state index contributed by atoms with van der Waals surface area (Å²) < 4.78 is 16.0. The van der Waals surface area contributed by atoms with E-state index < -0.39 is 0 Å². The van der Waals surface area contributed by atoms with E-state index in [2.05, 4.69) is 11.9 Å². The molecule has 27 heavy (non-hydrogen) atoms. The fourth-order valence-corrected chi connectivity index (χ4v) is 2.41. The van der Waals surface area contributed by atoms with Crippen molar-refractivity contribution in [3.8, 4) is 17.2 Å². The van der Waals surface area contributed by atoms with Crippen molar-refractivity contribution in [2.24, 2.45) is 0 Å². The van der Waals surface area contributed by atoms with Crippen LogP contribution < -0.4 is 19.5 Å². The Kier molecular flexibility index (Phi) is 7.97. The van der Waals surface area contributed by atoms with E-state index in [9.17, 15) is 4.79 Å². The number of nitrogens with one attached hydrogen (secondary N) is 1. The first kappa shape index (κ1) is 20.1. The third kappa shape index (κ3) is 6.55. The summed E-state index contributed by atoms with van der Waals surface area (Å²) in [5, 5.41) is 2.87. The zero-order valence-electron chi connectivity index (χ0n) is 15.7. The maximum atomic E-state index is 12.0. The Hall–Kier alpha value is -3.21. The van der Waals surface area contributed by atoms with Crippen molar-refractivity contribution in [1.29, 1.82) is 0 Å². The van der Waals surface area contributed by atoms with Gasteiger partial charge in [0.25, 0.3) is 0 Å². The van der Waals surface area contributed by atoms with Crippen LogP contribution in [0.25, 0.3) is 6.08 Å². The van der Waals surface area contributed by atoms with E-state index in [1.807, 2.05) is 42.5 Å². The van der Waals surface area contributed by atoms with E-state index >= 15 is 0 Å². The predicted octanol–water partition coefficient (Wildman–Crippen LogP) is 3.64. The minimum atomic E-state index is -0.144. The molecule has 2 rings (SSSR count). The van der Waals surface area contributed by atoms with Gasteiger partial charge in [-0.15, -0.1) is 0 Å². The number of amides is 1. The van der Waals surface area contributed by atoms with E-state index in [4.69, 9.17) is 14.2 Å². The molecule has 0 aliphatic rings. The van der Waals surface area contributed by atoms with Crippen molar-refractivity contribution in [2.75, 3.05) is 27.4 Å². The molecule has 0 saturated heterocycles. The predicted molar refractivity (Wildman–Crippen MR) is 107 cm³/mol. The third-order valence-electron chi connectivity index (χ3n) is 3.84. The summed E-state index contributed by atoms with van der Waals surface area (Å²) >= 11 is 0. The van der Waals surface area contributed by atoms with Crippen molar-refractivity contribution >= 4 is 12.0 Å². The molecule has 142 valence electrons. The normalized spacial score (nSPS) is 10.4. The summed E-state index contributed by atoms with van der Waals surface area (Å²) in [4.78, 5) is 12.0. The smallest absolute Gasteiger partial charge is 0.244 e. The van der Waals surface area contributed by atoms with Gasteiger partial charge < -0.3 is 19.5 Å². The molecule has 0 saturated carbocycles. The lowest BCUT2D eigenvalue weighted by molar-refractivity contribution is -0.116. The Morgan fingerprint density at radius 2 is 1.85 bits per heavy atom. The molecule has 5 nitrogen and oxygen atoms in total. The number of hydrogen-bond acceptors (Lipinski definition) is 4. The molecule has 0 atom stereocenters. The lowest BCUT2D eigenvalue weighted by Crippen LogP contribution is -2.23. The minimum absolute atomic E-state index is 0.144. The maximum absolute atomic E-state index is 12.0. The Morgan fingerprint density at radius 3 is 2.52 bits per heavy atom. The fraction of sp³-hybridized carbons (Fsp3) is 0.227. The number of methoxy groups -OCH3 is 2. The second kappa shape index (κ2) is 10.7. The Labute approximate surface area is 160 Å². The summed E-state index contributed by atoms with van der Waals surface area (Å²) in [6, 6.07) is 13.3. The van der Waals surface area contributed by atoms with Gasteiger partial charge in [0, 0.05) is 12.6 Å². The van der Waals surface area contributed by atoms with Crippen molar-refractivity contribution in [1.82, 2.24) is 5.32 Å². The van der Waals surface area contributed by atoms with Crippen LogP contribution in [0, 0.1) is 0 Å². The molecule has 0 aliphatic heterocycles. The molecule has 0 spiro atoms. The third-order valence-corrected chi connectivity index (χ3v) is 3.84. The number of benzene rings is 2. The molecule has 1 amide bonds. The maximum Gasteiger partial charge on any atom is 0.244 e. The van der Waals surface area contributed by atoms with Crippen LogP contribution in [0.3, 0.4) is 0 Å². The molecule has 0 aromatic heterocycles. The minimum Gasteiger partial charge on any atom is -0.497 e. The lowest BCUT2D eigenvalue weighted by Gasteiger charge is -2.09. The van der Waals surface area contributed by atoms with Crippen molar-refractivity contribution < 1.29 is 19.0 Å². The Balaban J connectivity index is 1.85. The van der Waals surface area contributed by atoms with E-state index in [1.165, 1.54) is 6.08 Å². The van der Waals surface area contributed by atoms with Crippen molar-refractivity contribution in [3.05, 3.63) is 72.3 Å². The van der Waals surface area contributed by atoms with E-state index in [0.717, 1.165) is 23.3 Å². The quantitative estimate of drug-likeness (QED) is 0.515. The topological polar surface area (TPSA) is 56.8 Å². The highest BCUT2D eigenvalue weighted by atomic mass is 16.5. The van der Waals surface area contributed by atoms with Gasteiger partial charge in [-0.05, 0) is 47.9 Å². The fourth-order valence-electron chi connectivity index (χ4n) is 2.41. The largest absolute Gasteiger partial charge is 0.497 e. The van der Waals surface area contributed by atoms with Crippen LogP contribution in [0.4, 0.5) is 0 Å². The highest BCUT2D eigenvalue weighted by Crippen LogP contribution is 2.28. The van der Waals surface area contributed by atoms with Crippen LogP contribution in [0.15, 0.2) is 61.2 Å². The van der Waals surface area contributed by atoms with Gasteiger partial charge in [0.1, 0.15) is 12.4 Å². The standard InChI is InChI=1S/C22H25NO4/c1-4-15-27-20-11-7-18(16-21(20)26-3)8-12-22(24)23-14-13-17-5-9-19(25-2)10-6-17/h4-12,16H,1,13-15H2,2-3H3,(H,23,24)/b12-8+. The molecule has 0 fully saturated rings. The van der Waals surface area contributed by atoms with E-state index in [1.54, 1.807) is 26.4 Å². The molecule has 5 heteroatoms. The molecule has 2 aromatic rings. The molecular weight excluding hydrogens is 342 g/mol. The number of ether oxygens (including phenoxy) is 3. The summed E-state index contributed by atoms with van der Waals surface area (Å²) in [6.07, 6.45) is 5.67. The van der Waals surface area contributed by atoms with E-state index in [-0.39, 0.29) is 5.91 Å². The number of rotatable bonds is 10. The zero-order chi connectivity index (χ0) is 19.5. The van der Waals surface area contributed by atoms with Crippen molar-refractivity contribution in [3.63, 3.8) is 0 Å². The highest BCUT2D eigenvalue weighted by molar-refractivity contribution is 5.91.